The second-order valence-corrected chi connectivity index (χ2v) is 4.44. The summed E-state index contributed by atoms with van der Waals surface area (Å²) in [5.41, 5.74) is 0. The molecule has 1 heterocycles. The molecule has 2 nitrogen and oxygen atoms in total. The lowest BCUT2D eigenvalue weighted by Gasteiger charge is -2.24. The molecule has 0 radical (unpaired) electrons. The summed E-state index contributed by atoms with van der Waals surface area (Å²) in [5.74, 6) is 0.322. The number of hydrogen-bond donors (Lipinski definition) is 0. The molecule has 1 saturated heterocycles. The summed E-state index contributed by atoms with van der Waals surface area (Å²) in [7, 11) is 3.84. The smallest absolute Gasteiger partial charge is 0.448 e. The highest BCUT2D eigenvalue weighted by Crippen LogP contribution is 2.22. The third-order valence-corrected chi connectivity index (χ3v) is 2.78. The van der Waals surface area contributed by atoms with Crippen molar-refractivity contribution in [2.45, 2.75) is 13.0 Å². The quantitative estimate of drug-likeness (QED) is 0.645. The van der Waals surface area contributed by atoms with Gasteiger partial charge in [0.2, 0.25) is 0 Å². The molecule has 0 aromatic heterocycles. The van der Waals surface area contributed by atoms with Crippen LogP contribution in [0.4, 0.5) is 12.9 Å². The Hall–Kier alpha value is -0.225. The van der Waals surface area contributed by atoms with Crippen LogP contribution in [-0.2, 0) is 0 Å². The molecule has 0 aromatic rings. The number of halogens is 3. The van der Waals surface area contributed by atoms with E-state index in [2.05, 4.69) is 0 Å². The van der Waals surface area contributed by atoms with Crippen LogP contribution >= 0.6 is 0 Å². The Morgan fingerprint density at radius 3 is 2.21 bits per heavy atom. The normalized spacial score (nSPS) is 30.2. The van der Waals surface area contributed by atoms with Crippen molar-refractivity contribution in [3.63, 3.8) is 0 Å². The van der Waals surface area contributed by atoms with E-state index in [4.69, 9.17) is 0 Å². The van der Waals surface area contributed by atoms with Crippen LogP contribution in [0.5, 0.6) is 0 Å². The summed E-state index contributed by atoms with van der Waals surface area (Å²) in [6.45, 7) is -1.57. The van der Waals surface area contributed by atoms with Crippen molar-refractivity contribution < 1.29 is 12.9 Å². The summed E-state index contributed by atoms with van der Waals surface area (Å²) in [5, 5.41) is 0. The molecule has 0 saturated carbocycles. The standard InChI is InChI=1S/C8H17BF3N2/c1-7-4-14(6-9(10,11)12)5-8(7)13(2)3/h7-8H,4-6H2,1-3H3/q-1. The highest BCUT2D eigenvalue weighted by atomic mass is 19.4. The minimum absolute atomic E-state index is 0.258. The van der Waals surface area contributed by atoms with E-state index >= 15 is 0 Å². The van der Waals surface area contributed by atoms with Gasteiger partial charge in [0.1, 0.15) is 0 Å². The third-order valence-electron chi connectivity index (χ3n) is 2.78. The first kappa shape index (κ1) is 11.8. The van der Waals surface area contributed by atoms with Gasteiger partial charge in [-0.05, 0) is 33.0 Å². The fraction of sp³-hybridized carbons (Fsp3) is 1.00. The Morgan fingerprint density at radius 1 is 1.29 bits per heavy atom. The molecule has 1 fully saturated rings. The molecule has 2 unspecified atom stereocenters. The largest absolute Gasteiger partial charge is 0.492 e. The van der Waals surface area contributed by atoms with Crippen molar-refractivity contribution in [2.24, 2.45) is 5.92 Å². The first-order valence-electron chi connectivity index (χ1n) is 4.89. The molecule has 0 spiro atoms. The molecule has 1 aliphatic heterocycles. The van der Waals surface area contributed by atoms with Crippen molar-refractivity contribution in [1.29, 1.82) is 0 Å². The molecule has 14 heavy (non-hydrogen) atoms. The minimum Gasteiger partial charge on any atom is -0.448 e. The summed E-state index contributed by atoms with van der Waals surface area (Å²) in [6, 6.07) is 0.258. The Balaban J connectivity index is 2.47. The van der Waals surface area contributed by atoms with Crippen LogP contribution in [0.2, 0.25) is 0 Å². The topological polar surface area (TPSA) is 6.48 Å². The molecule has 0 bridgehead atoms. The minimum atomic E-state index is -4.67. The van der Waals surface area contributed by atoms with Gasteiger partial charge in [-0.25, -0.2) is 0 Å². The second-order valence-electron chi connectivity index (χ2n) is 4.44. The Kier molecular flexibility index (Phi) is 3.47. The lowest BCUT2D eigenvalue weighted by Crippen LogP contribution is -2.39. The van der Waals surface area contributed by atoms with Gasteiger partial charge in [-0.2, -0.15) is 0 Å². The Bertz CT molecular complexity index is 196. The van der Waals surface area contributed by atoms with Crippen molar-refractivity contribution in [2.75, 3.05) is 33.6 Å². The summed E-state index contributed by atoms with van der Waals surface area (Å²) < 4.78 is 36.5. The molecule has 0 amide bonds. The van der Waals surface area contributed by atoms with Crippen LogP contribution in [0.25, 0.3) is 0 Å². The van der Waals surface area contributed by atoms with Gasteiger partial charge in [0.05, 0.1) is 0 Å². The fourth-order valence-electron chi connectivity index (χ4n) is 2.16. The van der Waals surface area contributed by atoms with Crippen molar-refractivity contribution in [1.82, 2.24) is 9.80 Å². The molecule has 6 heteroatoms. The van der Waals surface area contributed by atoms with E-state index < -0.39 is 13.4 Å². The van der Waals surface area contributed by atoms with Gasteiger partial charge in [-0.3, -0.25) is 0 Å². The highest BCUT2D eigenvalue weighted by molar-refractivity contribution is 6.58. The van der Waals surface area contributed by atoms with Crippen LogP contribution < -0.4 is 0 Å². The van der Waals surface area contributed by atoms with Gasteiger partial charge in [-0.1, -0.05) is 6.92 Å². The lowest BCUT2D eigenvalue weighted by molar-refractivity contribution is 0.253. The molecule has 0 N–H and O–H groups in total. The zero-order valence-corrected chi connectivity index (χ0v) is 8.88. The van der Waals surface area contributed by atoms with E-state index in [-0.39, 0.29) is 6.04 Å². The Labute approximate surface area is 83.1 Å². The number of nitrogens with zero attached hydrogens (tertiary/aromatic N) is 2. The van der Waals surface area contributed by atoms with Gasteiger partial charge < -0.3 is 22.7 Å². The van der Waals surface area contributed by atoms with E-state index in [9.17, 15) is 12.9 Å². The molecule has 1 rings (SSSR count). The Morgan fingerprint density at radius 2 is 1.86 bits per heavy atom. The molecule has 0 aromatic carbocycles. The van der Waals surface area contributed by atoms with Gasteiger partial charge in [-0.15, -0.1) is 0 Å². The van der Waals surface area contributed by atoms with Crippen molar-refractivity contribution >= 4 is 6.98 Å². The number of hydrogen-bond acceptors (Lipinski definition) is 2. The van der Waals surface area contributed by atoms with Crippen LogP contribution in [0.1, 0.15) is 6.92 Å². The lowest BCUT2D eigenvalue weighted by atomic mass is 9.91. The average Bonchev–Trinajstić information content (AvgIpc) is 2.26. The SMILES string of the molecule is CC1CN(C[B-](F)(F)F)CC1N(C)C. The second kappa shape index (κ2) is 4.10. The summed E-state index contributed by atoms with van der Waals surface area (Å²) in [4.78, 5) is 3.52. The zero-order valence-electron chi connectivity index (χ0n) is 8.88. The average molecular weight is 209 g/mol. The maximum atomic E-state index is 12.2. The first-order chi connectivity index (χ1) is 6.29. The van der Waals surface area contributed by atoms with E-state index in [1.54, 1.807) is 0 Å². The van der Waals surface area contributed by atoms with Crippen molar-refractivity contribution in [3.05, 3.63) is 0 Å². The number of likely N-dealkylation sites (tertiary alicyclic amines) is 1. The molecule has 84 valence electrons. The first-order valence-corrected chi connectivity index (χ1v) is 4.89. The maximum absolute atomic E-state index is 12.2. The van der Waals surface area contributed by atoms with Gasteiger partial charge in [0.25, 0.3) is 0 Å². The molecule has 1 aliphatic rings. The monoisotopic (exact) mass is 209 g/mol. The fourth-order valence-corrected chi connectivity index (χ4v) is 2.16. The van der Waals surface area contributed by atoms with Gasteiger partial charge in [0.15, 0.2) is 0 Å². The molecular weight excluding hydrogens is 192 g/mol. The summed E-state index contributed by atoms with van der Waals surface area (Å²) in [6.07, 6.45) is -0.714. The van der Waals surface area contributed by atoms with Gasteiger partial charge in [0, 0.05) is 12.6 Å². The van der Waals surface area contributed by atoms with E-state index in [0.717, 1.165) is 0 Å². The van der Waals surface area contributed by atoms with E-state index in [0.29, 0.717) is 19.0 Å². The third kappa shape index (κ3) is 3.17. The van der Waals surface area contributed by atoms with Gasteiger partial charge >= 0.3 is 6.98 Å². The van der Waals surface area contributed by atoms with E-state index in [1.807, 2.05) is 25.9 Å². The predicted octanol–water partition coefficient (Wildman–Crippen LogP) is 1.25. The van der Waals surface area contributed by atoms with Crippen LogP contribution in [-0.4, -0.2) is 56.4 Å². The molecule has 0 aliphatic carbocycles. The molecular formula is C8H17BF3N2-. The zero-order chi connectivity index (χ0) is 10.9. The maximum Gasteiger partial charge on any atom is 0.492 e. The molecule has 2 atom stereocenters. The summed E-state index contributed by atoms with van der Waals surface area (Å²) >= 11 is 0. The number of likely N-dealkylation sites (N-methyl/N-ethyl adjacent to an activating group) is 1. The van der Waals surface area contributed by atoms with Crippen LogP contribution in [0.15, 0.2) is 0 Å². The van der Waals surface area contributed by atoms with Crippen molar-refractivity contribution in [3.8, 4) is 0 Å². The highest BCUT2D eigenvalue weighted by Gasteiger charge is 2.35. The predicted molar refractivity (Wildman–Crippen MR) is 52.2 cm³/mol. The van der Waals surface area contributed by atoms with E-state index in [1.165, 1.54) is 4.90 Å². The van der Waals surface area contributed by atoms with Crippen LogP contribution in [0, 0.1) is 5.92 Å². The number of rotatable bonds is 3. The van der Waals surface area contributed by atoms with Crippen LogP contribution in [0.3, 0.4) is 0 Å².